The average molecular weight is 387 g/mol. The van der Waals surface area contributed by atoms with E-state index in [-0.39, 0.29) is 5.91 Å². The number of fused-ring (bicyclic) bond motifs is 1. The van der Waals surface area contributed by atoms with Gasteiger partial charge in [0.05, 0.1) is 25.9 Å². The number of aromatic nitrogens is 1. The summed E-state index contributed by atoms with van der Waals surface area (Å²) >= 11 is 0. The molecule has 3 heterocycles. The number of hydrogen-bond donors (Lipinski definition) is 2. The van der Waals surface area contributed by atoms with Crippen LogP contribution in [0, 0.1) is 0 Å². The number of nitrogens with zero attached hydrogens (tertiary/aromatic N) is 2. The standard InChI is InChI=1S/C21H29N3O4/c1-27-19-5-2-4-17-16(19)14-18(22-17)20(25)24-8-3-6-21(26,7-9-24)15-23-10-12-28-13-11-23/h2,4-5,14,22,26H,3,6-13,15H2,1H3. The summed E-state index contributed by atoms with van der Waals surface area (Å²) in [7, 11) is 1.63. The van der Waals surface area contributed by atoms with Crippen molar-refractivity contribution in [1.82, 2.24) is 14.8 Å². The molecule has 152 valence electrons. The fraction of sp³-hybridized carbons (Fsp3) is 0.571. The first-order valence-corrected chi connectivity index (χ1v) is 10.1. The summed E-state index contributed by atoms with van der Waals surface area (Å²) in [6.07, 6.45) is 2.12. The molecule has 7 nitrogen and oxygen atoms in total. The molecule has 4 rings (SSSR count). The van der Waals surface area contributed by atoms with Crippen LogP contribution in [0.5, 0.6) is 5.75 Å². The molecule has 1 amide bonds. The van der Waals surface area contributed by atoms with Gasteiger partial charge in [0.1, 0.15) is 11.4 Å². The topological polar surface area (TPSA) is 78.0 Å². The maximum Gasteiger partial charge on any atom is 0.270 e. The molecule has 0 aliphatic carbocycles. The van der Waals surface area contributed by atoms with Crippen LogP contribution >= 0.6 is 0 Å². The van der Waals surface area contributed by atoms with Gasteiger partial charge < -0.3 is 24.5 Å². The molecule has 28 heavy (non-hydrogen) atoms. The van der Waals surface area contributed by atoms with Crippen molar-refractivity contribution >= 4 is 16.8 Å². The van der Waals surface area contributed by atoms with E-state index in [0.717, 1.165) is 49.4 Å². The lowest BCUT2D eigenvalue weighted by Crippen LogP contribution is -2.48. The van der Waals surface area contributed by atoms with Gasteiger partial charge in [-0.3, -0.25) is 9.69 Å². The SMILES string of the molecule is COc1cccc2[nH]c(C(=O)N3CCCC(O)(CN4CCOCC4)CC3)cc12. The second-order valence-corrected chi connectivity index (χ2v) is 7.86. The van der Waals surface area contributed by atoms with Crippen LogP contribution in [0.3, 0.4) is 0 Å². The van der Waals surface area contributed by atoms with Crippen LogP contribution in [0.4, 0.5) is 0 Å². The molecule has 2 aromatic rings. The lowest BCUT2D eigenvalue weighted by atomic mass is 9.94. The molecule has 1 atom stereocenters. The Hall–Kier alpha value is -2.09. The molecular weight excluding hydrogens is 358 g/mol. The number of methoxy groups -OCH3 is 1. The highest BCUT2D eigenvalue weighted by Gasteiger charge is 2.34. The van der Waals surface area contributed by atoms with Crippen molar-refractivity contribution < 1.29 is 19.4 Å². The first-order chi connectivity index (χ1) is 13.6. The number of benzene rings is 1. The van der Waals surface area contributed by atoms with Crippen molar-refractivity contribution in [3.63, 3.8) is 0 Å². The third kappa shape index (κ3) is 4.01. The van der Waals surface area contributed by atoms with E-state index >= 15 is 0 Å². The van der Waals surface area contributed by atoms with E-state index < -0.39 is 5.60 Å². The summed E-state index contributed by atoms with van der Waals surface area (Å²) < 4.78 is 10.8. The number of carbonyl (C=O) groups is 1. The van der Waals surface area contributed by atoms with Gasteiger partial charge in [0.25, 0.3) is 5.91 Å². The Morgan fingerprint density at radius 2 is 2.07 bits per heavy atom. The molecule has 0 radical (unpaired) electrons. The molecule has 0 bridgehead atoms. The second kappa shape index (κ2) is 8.11. The number of nitrogens with one attached hydrogen (secondary N) is 1. The Balaban J connectivity index is 1.44. The van der Waals surface area contributed by atoms with E-state index in [1.807, 2.05) is 29.2 Å². The highest BCUT2D eigenvalue weighted by molar-refractivity contribution is 5.99. The van der Waals surface area contributed by atoms with Gasteiger partial charge in [-0.2, -0.15) is 0 Å². The monoisotopic (exact) mass is 387 g/mol. The minimum atomic E-state index is -0.740. The van der Waals surface area contributed by atoms with Crippen molar-refractivity contribution in [2.24, 2.45) is 0 Å². The van der Waals surface area contributed by atoms with Gasteiger partial charge >= 0.3 is 0 Å². The van der Waals surface area contributed by atoms with E-state index in [1.165, 1.54) is 0 Å². The third-order valence-electron chi connectivity index (χ3n) is 5.90. The van der Waals surface area contributed by atoms with Crippen LogP contribution in [0.1, 0.15) is 29.8 Å². The number of hydrogen-bond acceptors (Lipinski definition) is 5. The quantitative estimate of drug-likeness (QED) is 0.837. The van der Waals surface area contributed by atoms with E-state index in [2.05, 4.69) is 9.88 Å². The summed E-state index contributed by atoms with van der Waals surface area (Å²) in [4.78, 5) is 20.4. The van der Waals surface area contributed by atoms with Crippen LogP contribution in [0.2, 0.25) is 0 Å². The van der Waals surface area contributed by atoms with Crippen molar-refractivity contribution in [2.45, 2.75) is 24.9 Å². The summed E-state index contributed by atoms with van der Waals surface area (Å²) in [5.74, 6) is 0.734. The van der Waals surface area contributed by atoms with Crippen molar-refractivity contribution in [2.75, 3.05) is 53.0 Å². The highest BCUT2D eigenvalue weighted by Crippen LogP contribution is 2.28. The van der Waals surface area contributed by atoms with Gasteiger partial charge in [-0.15, -0.1) is 0 Å². The molecule has 7 heteroatoms. The number of aromatic amines is 1. The molecule has 1 aromatic heterocycles. The number of β-amino-alcohol motifs (C(OH)–C–C–N with tert-alkyl or cyclic N) is 1. The zero-order chi connectivity index (χ0) is 19.6. The highest BCUT2D eigenvalue weighted by atomic mass is 16.5. The molecular formula is C21H29N3O4. The normalized spacial score (nSPS) is 24.3. The third-order valence-corrected chi connectivity index (χ3v) is 5.90. The zero-order valence-corrected chi connectivity index (χ0v) is 16.4. The number of likely N-dealkylation sites (tertiary alicyclic amines) is 1. The fourth-order valence-corrected chi connectivity index (χ4v) is 4.31. The van der Waals surface area contributed by atoms with Crippen molar-refractivity contribution in [1.29, 1.82) is 0 Å². The maximum atomic E-state index is 13.1. The number of morpholine rings is 1. The first kappa shape index (κ1) is 19.2. The van der Waals surface area contributed by atoms with Gasteiger partial charge in [0.15, 0.2) is 0 Å². The largest absolute Gasteiger partial charge is 0.496 e. The maximum absolute atomic E-state index is 13.1. The van der Waals surface area contributed by atoms with Crippen LogP contribution in [-0.2, 0) is 4.74 Å². The van der Waals surface area contributed by atoms with Gasteiger partial charge in [-0.05, 0) is 37.5 Å². The van der Waals surface area contributed by atoms with E-state index in [1.54, 1.807) is 7.11 Å². The van der Waals surface area contributed by atoms with Crippen LogP contribution in [0.15, 0.2) is 24.3 Å². The van der Waals surface area contributed by atoms with Gasteiger partial charge in [0.2, 0.25) is 0 Å². The molecule has 2 aliphatic heterocycles. The van der Waals surface area contributed by atoms with Crippen LogP contribution < -0.4 is 4.74 Å². The molecule has 2 saturated heterocycles. The number of carbonyl (C=O) groups excluding carboxylic acids is 1. The Kier molecular flexibility index (Phi) is 5.57. The first-order valence-electron chi connectivity index (χ1n) is 10.1. The lowest BCUT2D eigenvalue weighted by Gasteiger charge is -2.35. The molecule has 2 N–H and O–H groups in total. The van der Waals surface area contributed by atoms with Crippen LogP contribution in [-0.4, -0.2) is 84.4 Å². The second-order valence-electron chi connectivity index (χ2n) is 7.86. The van der Waals surface area contributed by atoms with E-state index in [9.17, 15) is 9.90 Å². The summed E-state index contributed by atoms with van der Waals surface area (Å²) in [6.45, 7) is 5.06. The smallest absolute Gasteiger partial charge is 0.270 e. The predicted molar refractivity (Wildman–Crippen MR) is 107 cm³/mol. The summed E-state index contributed by atoms with van der Waals surface area (Å²) in [5, 5.41) is 12.0. The number of rotatable bonds is 4. The molecule has 0 spiro atoms. The Bertz CT molecular complexity index is 830. The van der Waals surface area contributed by atoms with Gasteiger partial charge in [-0.25, -0.2) is 0 Å². The minimum absolute atomic E-state index is 0.0196. The summed E-state index contributed by atoms with van der Waals surface area (Å²) in [5.41, 5.74) is 0.718. The predicted octanol–water partition coefficient (Wildman–Crippen LogP) is 1.87. The zero-order valence-electron chi connectivity index (χ0n) is 16.4. The summed E-state index contributed by atoms with van der Waals surface area (Å²) in [6, 6.07) is 7.60. The number of amides is 1. The Morgan fingerprint density at radius 1 is 1.25 bits per heavy atom. The van der Waals surface area contributed by atoms with Crippen molar-refractivity contribution in [3.05, 3.63) is 30.0 Å². The lowest BCUT2D eigenvalue weighted by molar-refractivity contribution is -0.0389. The number of H-pyrrole nitrogens is 1. The molecule has 0 saturated carbocycles. The van der Waals surface area contributed by atoms with Crippen LogP contribution in [0.25, 0.3) is 10.9 Å². The average Bonchev–Trinajstić information content (AvgIpc) is 3.06. The number of aliphatic hydroxyl groups is 1. The molecule has 2 fully saturated rings. The minimum Gasteiger partial charge on any atom is -0.496 e. The van der Waals surface area contributed by atoms with Gasteiger partial charge in [0, 0.05) is 43.6 Å². The van der Waals surface area contributed by atoms with E-state index in [4.69, 9.17) is 9.47 Å². The Labute approximate surface area is 165 Å². The van der Waals surface area contributed by atoms with Gasteiger partial charge in [-0.1, -0.05) is 6.07 Å². The van der Waals surface area contributed by atoms with E-state index in [0.29, 0.717) is 38.2 Å². The number of ether oxygens (including phenoxy) is 2. The molecule has 2 aliphatic rings. The molecule has 1 aromatic carbocycles. The Morgan fingerprint density at radius 3 is 2.86 bits per heavy atom. The fourth-order valence-electron chi connectivity index (χ4n) is 4.31. The van der Waals surface area contributed by atoms with Crippen molar-refractivity contribution in [3.8, 4) is 5.75 Å². The molecule has 1 unspecified atom stereocenters.